The van der Waals surface area contributed by atoms with Crippen LogP contribution in [0.1, 0.15) is 52.0 Å². The van der Waals surface area contributed by atoms with Gasteiger partial charge in [0.15, 0.2) is 5.54 Å². The number of nitrogens with one attached hydrogen (secondary N) is 2. The summed E-state index contributed by atoms with van der Waals surface area (Å²) in [4.78, 5) is 38.5. The van der Waals surface area contributed by atoms with Gasteiger partial charge < -0.3 is 15.7 Å². The van der Waals surface area contributed by atoms with Crippen LogP contribution in [0.5, 0.6) is 0 Å². The van der Waals surface area contributed by atoms with Gasteiger partial charge in [0.2, 0.25) is 11.8 Å². The average molecular weight is 487 g/mol. The fraction of sp³-hybridized carbons (Fsp3) is 0.423. The van der Waals surface area contributed by atoms with Crippen LogP contribution in [-0.2, 0) is 19.9 Å². The number of halogens is 1. The predicted molar refractivity (Wildman–Crippen MR) is 132 cm³/mol. The molecule has 1 fully saturated rings. The lowest BCUT2D eigenvalue weighted by Crippen LogP contribution is -2.63. The number of thiol groups is 1. The van der Waals surface area contributed by atoms with Gasteiger partial charge in [-0.05, 0) is 42.9 Å². The molecule has 0 spiro atoms. The fourth-order valence-corrected chi connectivity index (χ4v) is 4.34. The molecule has 0 heterocycles. The summed E-state index contributed by atoms with van der Waals surface area (Å²) in [6.45, 7) is 5.14. The number of carboxylic acids is 1. The third kappa shape index (κ3) is 5.12. The van der Waals surface area contributed by atoms with Crippen LogP contribution < -0.4 is 10.6 Å². The van der Waals surface area contributed by atoms with Gasteiger partial charge in [-0.15, -0.1) is 0 Å². The Morgan fingerprint density at radius 1 is 1.06 bits per heavy atom. The Balaban J connectivity index is 1.88. The maximum atomic E-state index is 14.1. The normalized spacial score (nSPS) is 17.6. The Morgan fingerprint density at radius 3 is 2.18 bits per heavy atom. The van der Waals surface area contributed by atoms with Gasteiger partial charge in [-0.2, -0.15) is 12.6 Å². The average Bonchev–Trinajstić information content (AvgIpc) is 3.28. The molecule has 3 N–H and O–H groups in total. The van der Waals surface area contributed by atoms with Crippen LogP contribution in [0.2, 0.25) is 0 Å². The summed E-state index contributed by atoms with van der Waals surface area (Å²) < 4.78 is 14.1. The molecule has 0 aromatic heterocycles. The second kappa shape index (κ2) is 10.2. The molecule has 2 atom stereocenters. The van der Waals surface area contributed by atoms with E-state index in [-0.39, 0.29) is 17.6 Å². The third-order valence-electron chi connectivity index (χ3n) is 6.59. The molecule has 2 aromatic rings. The second-order valence-corrected chi connectivity index (χ2v) is 9.97. The number of benzene rings is 2. The number of carbonyl (C=O) groups excluding carboxylic acids is 2. The number of hydrogen-bond acceptors (Lipinski definition) is 4. The van der Waals surface area contributed by atoms with Crippen LogP contribution in [0.3, 0.4) is 0 Å². The number of carbonyl (C=O) groups is 3. The molecule has 182 valence electrons. The number of aliphatic carboxylic acids is 1. The van der Waals surface area contributed by atoms with E-state index in [1.54, 1.807) is 42.5 Å². The Labute approximate surface area is 204 Å². The molecule has 2 aromatic carbocycles. The molecule has 1 aliphatic rings. The van der Waals surface area contributed by atoms with E-state index in [1.807, 2.05) is 13.8 Å². The topological polar surface area (TPSA) is 95.5 Å². The molecular weight excluding hydrogens is 455 g/mol. The molecule has 8 heteroatoms. The SMILES string of the molecule is CC(C)C(S)C(=O)NC1(C(=O)NC(C)(C(=O)O)c2ccc(-c3ccccc3F)cc2)CCCC1. The highest BCUT2D eigenvalue weighted by molar-refractivity contribution is 7.81. The van der Waals surface area contributed by atoms with Gasteiger partial charge in [-0.25, -0.2) is 9.18 Å². The summed E-state index contributed by atoms with van der Waals surface area (Å²) in [6, 6.07) is 12.7. The van der Waals surface area contributed by atoms with Crippen molar-refractivity contribution in [2.24, 2.45) is 5.92 Å². The summed E-state index contributed by atoms with van der Waals surface area (Å²) in [6.07, 6.45) is 2.33. The Morgan fingerprint density at radius 2 is 1.65 bits per heavy atom. The third-order valence-corrected chi connectivity index (χ3v) is 7.42. The van der Waals surface area contributed by atoms with Crippen molar-refractivity contribution in [3.63, 3.8) is 0 Å². The Kier molecular flexibility index (Phi) is 7.70. The molecule has 2 unspecified atom stereocenters. The van der Waals surface area contributed by atoms with Crippen molar-refractivity contribution < 1.29 is 23.9 Å². The molecule has 1 aliphatic carbocycles. The van der Waals surface area contributed by atoms with Gasteiger partial charge in [0, 0.05) is 5.56 Å². The van der Waals surface area contributed by atoms with Crippen molar-refractivity contribution >= 4 is 30.4 Å². The lowest BCUT2D eigenvalue weighted by atomic mass is 9.87. The van der Waals surface area contributed by atoms with Gasteiger partial charge >= 0.3 is 5.97 Å². The zero-order chi connectivity index (χ0) is 25.1. The lowest BCUT2D eigenvalue weighted by Gasteiger charge is -2.35. The smallest absolute Gasteiger partial charge is 0.333 e. The summed E-state index contributed by atoms with van der Waals surface area (Å²) in [7, 11) is 0. The van der Waals surface area contributed by atoms with Crippen molar-refractivity contribution in [3.05, 3.63) is 59.9 Å². The summed E-state index contributed by atoms with van der Waals surface area (Å²) >= 11 is 4.36. The van der Waals surface area contributed by atoms with E-state index in [0.717, 1.165) is 12.8 Å². The van der Waals surface area contributed by atoms with Crippen molar-refractivity contribution in [2.45, 2.75) is 62.8 Å². The van der Waals surface area contributed by atoms with Crippen LogP contribution in [-0.4, -0.2) is 33.7 Å². The molecule has 0 saturated heterocycles. The number of carboxylic acid groups (broad SMARTS) is 1. The molecule has 1 saturated carbocycles. The van der Waals surface area contributed by atoms with Crippen molar-refractivity contribution in [3.8, 4) is 11.1 Å². The summed E-state index contributed by atoms with van der Waals surface area (Å²) in [5, 5.41) is 15.0. The first-order chi connectivity index (χ1) is 16.0. The highest BCUT2D eigenvalue weighted by Crippen LogP contribution is 2.33. The largest absolute Gasteiger partial charge is 0.479 e. The van der Waals surface area contributed by atoms with Crippen LogP contribution in [0.25, 0.3) is 11.1 Å². The molecule has 0 aliphatic heterocycles. The molecule has 34 heavy (non-hydrogen) atoms. The maximum absolute atomic E-state index is 14.1. The van der Waals surface area contributed by atoms with E-state index >= 15 is 0 Å². The first-order valence-corrected chi connectivity index (χ1v) is 11.9. The van der Waals surface area contributed by atoms with E-state index < -0.39 is 28.2 Å². The van der Waals surface area contributed by atoms with Crippen LogP contribution in [0.15, 0.2) is 48.5 Å². The van der Waals surface area contributed by atoms with Crippen molar-refractivity contribution in [2.75, 3.05) is 0 Å². The quantitative estimate of drug-likeness (QED) is 0.419. The monoisotopic (exact) mass is 486 g/mol. The minimum absolute atomic E-state index is 0.0258. The Hall–Kier alpha value is -2.87. The molecule has 2 amide bonds. The molecule has 0 radical (unpaired) electrons. The first kappa shape index (κ1) is 25.7. The minimum atomic E-state index is -1.75. The van der Waals surface area contributed by atoms with E-state index in [2.05, 4.69) is 23.3 Å². The lowest BCUT2D eigenvalue weighted by molar-refractivity contribution is -0.148. The first-order valence-electron chi connectivity index (χ1n) is 11.4. The number of amides is 2. The standard InChI is InChI=1S/C26H31FN2O4S/c1-16(2)21(34)22(30)28-26(14-6-7-15-26)23(31)29-25(3,24(32)33)18-12-10-17(11-13-18)19-8-4-5-9-20(19)27/h4-5,8-13,16,21,34H,6-7,14-15H2,1-3H3,(H,28,30)(H,29,31)(H,32,33). The van der Waals surface area contributed by atoms with Gasteiger partial charge in [0.25, 0.3) is 0 Å². The summed E-state index contributed by atoms with van der Waals surface area (Å²) in [5.74, 6) is -2.53. The number of hydrogen-bond donors (Lipinski definition) is 4. The second-order valence-electron chi connectivity index (χ2n) is 9.41. The molecule has 6 nitrogen and oxygen atoms in total. The van der Waals surface area contributed by atoms with Gasteiger partial charge in [-0.3, -0.25) is 9.59 Å². The van der Waals surface area contributed by atoms with E-state index in [0.29, 0.717) is 29.5 Å². The maximum Gasteiger partial charge on any atom is 0.333 e. The molecular formula is C26H31FN2O4S. The van der Waals surface area contributed by atoms with Crippen LogP contribution in [0.4, 0.5) is 4.39 Å². The van der Waals surface area contributed by atoms with E-state index in [4.69, 9.17) is 0 Å². The van der Waals surface area contributed by atoms with Gasteiger partial charge in [-0.1, -0.05) is 69.2 Å². The number of rotatable bonds is 8. The minimum Gasteiger partial charge on any atom is -0.479 e. The van der Waals surface area contributed by atoms with Crippen molar-refractivity contribution in [1.82, 2.24) is 10.6 Å². The Bertz CT molecular complexity index is 1070. The molecule has 3 rings (SSSR count). The van der Waals surface area contributed by atoms with E-state index in [9.17, 15) is 23.9 Å². The van der Waals surface area contributed by atoms with Crippen LogP contribution >= 0.6 is 12.6 Å². The highest BCUT2D eigenvalue weighted by atomic mass is 32.1. The summed E-state index contributed by atoms with van der Waals surface area (Å²) in [5.41, 5.74) is -1.61. The van der Waals surface area contributed by atoms with Crippen molar-refractivity contribution in [1.29, 1.82) is 0 Å². The molecule has 0 bridgehead atoms. The van der Waals surface area contributed by atoms with Crippen LogP contribution in [0, 0.1) is 11.7 Å². The van der Waals surface area contributed by atoms with E-state index in [1.165, 1.54) is 13.0 Å². The van der Waals surface area contributed by atoms with Gasteiger partial charge in [0.05, 0.1) is 5.25 Å². The van der Waals surface area contributed by atoms with Gasteiger partial charge in [0.1, 0.15) is 11.4 Å². The predicted octanol–water partition coefficient (Wildman–Crippen LogP) is 4.29. The highest BCUT2D eigenvalue weighted by Gasteiger charge is 2.47. The zero-order valence-electron chi connectivity index (χ0n) is 19.6. The fourth-order valence-electron chi connectivity index (χ4n) is 4.27. The zero-order valence-corrected chi connectivity index (χ0v) is 20.5.